The highest BCUT2D eigenvalue weighted by atomic mass is 16.5. The number of hydrogen-bond acceptors (Lipinski definition) is 4. The van der Waals surface area contributed by atoms with Crippen molar-refractivity contribution in [1.82, 2.24) is 4.98 Å². The third-order valence-corrected chi connectivity index (χ3v) is 3.71. The number of ether oxygens (including phenoxy) is 1. The summed E-state index contributed by atoms with van der Waals surface area (Å²) in [6.07, 6.45) is 5.83. The van der Waals surface area contributed by atoms with Crippen LogP contribution in [0.15, 0.2) is 12.1 Å². The first-order chi connectivity index (χ1) is 8.69. The number of nitrogens with zero attached hydrogens (tertiary/aromatic N) is 1. The van der Waals surface area contributed by atoms with Gasteiger partial charge in [-0.1, -0.05) is 13.8 Å². The average Bonchev–Trinajstić information content (AvgIpc) is 2.34. The minimum absolute atomic E-state index is 0.241. The molecule has 0 spiro atoms. The van der Waals surface area contributed by atoms with Gasteiger partial charge < -0.3 is 15.8 Å². The highest BCUT2D eigenvalue weighted by molar-refractivity contribution is 5.54. The van der Waals surface area contributed by atoms with E-state index in [1.54, 1.807) is 0 Å². The maximum atomic E-state index is 5.86. The molecule has 0 aromatic carbocycles. The number of nitrogen functional groups attached to an aromatic ring is 1. The van der Waals surface area contributed by atoms with Crippen LogP contribution in [0.25, 0.3) is 0 Å². The van der Waals surface area contributed by atoms with E-state index < -0.39 is 0 Å². The Bertz CT molecular complexity index is 397. The van der Waals surface area contributed by atoms with Crippen LogP contribution in [0, 0.1) is 0 Å². The van der Waals surface area contributed by atoms with Gasteiger partial charge in [0.05, 0.1) is 12.3 Å². The molecule has 1 aliphatic carbocycles. The van der Waals surface area contributed by atoms with E-state index >= 15 is 0 Å². The molecule has 4 nitrogen and oxygen atoms in total. The molecule has 0 radical (unpaired) electrons. The van der Waals surface area contributed by atoms with Crippen molar-refractivity contribution in [3.63, 3.8) is 0 Å². The fourth-order valence-corrected chi connectivity index (χ4v) is 2.28. The minimum atomic E-state index is 0.241. The van der Waals surface area contributed by atoms with Crippen LogP contribution in [0.2, 0.25) is 0 Å². The van der Waals surface area contributed by atoms with Crippen molar-refractivity contribution in [2.75, 3.05) is 17.7 Å². The molecule has 0 amide bonds. The Morgan fingerprint density at radius 1 is 1.39 bits per heavy atom. The number of anilines is 2. The van der Waals surface area contributed by atoms with E-state index in [1.807, 2.05) is 12.1 Å². The SMILES string of the molecule is CCCOc1nc(NC2(CC)CCC2)ccc1N. The zero-order chi connectivity index (χ0) is 13.0. The Morgan fingerprint density at radius 2 is 2.17 bits per heavy atom. The predicted molar refractivity (Wildman–Crippen MR) is 74.9 cm³/mol. The fourth-order valence-electron chi connectivity index (χ4n) is 2.28. The molecule has 2 rings (SSSR count). The molecule has 1 aliphatic rings. The lowest BCUT2D eigenvalue weighted by molar-refractivity contribution is 0.267. The molecule has 0 aliphatic heterocycles. The monoisotopic (exact) mass is 249 g/mol. The van der Waals surface area contributed by atoms with Crippen molar-refractivity contribution in [1.29, 1.82) is 0 Å². The minimum Gasteiger partial charge on any atom is -0.476 e. The molecule has 0 bridgehead atoms. The van der Waals surface area contributed by atoms with Gasteiger partial charge in [-0.25, -0.2) is 0 Å². The summed E-state index contributed by atoms with van der Waals surface area (Å²) in [5, 5.41) is 3.54. The number of aromatic nitrogens is 1. The summed E-state index contributed by atoms with van der Waals surface area (Å²) in [7, 11) is 0. The zero-order valence-corrected chi connectivity index (χ0v) is 11.3. The van der Waals surface area contributed by atoms with Crippen LogP contribution in [0.1, 0.15) is 46.0 Å². The predicted octanol–water partition coefficient (Wildman–Crippen LogP) is 3.20. The third kappa shape index (κ3) is 2.68. The molecular formula is C14H23N3O. The molecule has 100 valence electrons. The van der Waals surface area contributed by atoms with Crippen molar-refractivity contribution < 1.29 is 4.74 Å². The van der Waals surface area contributed by atoms with E-state index in [0.717, 1.165) is 18.7 Å². The summed E-state index contributed by atoms with van der Waals surface area (Å²) < 4.78 is 5.55. The molecule has 0 unspecified atom stereocenters. The maximum absolute atomic E-state index is 5.86. The van der Waals surface area contributed by atoms with Gasteiger partial charge in [-0.2, -0.15) is 4.98 Å². The van der Waals surface area contributed by atoms with Crippen LogP contribution in [0.5, 0.6) is 5.88 Å². The number of nitrogens with one attached hydrogen (secondary N) is 1. The highest BCUT2D eigenvalue weighted by Crippen LogP contribution is 2.38. The number of rotatable bonds is 6. The van der Waals surface area contributed by atoms with Crippen molar-refractivity contribution in [2.24, 2.45) is 0 Å². The summed E-state index contributed by atoms with van der Waals surface area (Å²) in [6.45, 7) is 4.94. The normalized spacial score (nSPS) is 17.0. The van der Waals surface area contributed by atoms with Crippen molar-refractivity contribution in [2.45, 2.75) is 51.5 Å². The average molecular weight is 249 g/mol. The molecule has 3 N–H and O–H groups in total. The van der Waals surface area contributed by atoms with E-state index in [1.165, 1.54) is 19.3 Å². The number of pyridine rings is 1. The van der Waals surface area contributed by atoms with Crippen LogP contribution in [-0.4, -0.2) is 17.1 Å². The quantitative estimate of drug-likeness (QED) is 0.812. The van der Waals surface area contributed by atoms with Crippen LogP contribution >= 0.6 is 0 Å². The van der Waals surface area contributed by atoms with E-state index in [4.69, 9.17) is 10.5 Å². The zero-order valence-electron chi connectivity index (χ0n) is 11.3. The van der Waals surface area contributed by atoms with Gasteiger partial charge in [-0.15, -0.1) is 0 Å². The van der Waals surface area contributed by atoms with E-state index in [9.17, 15) is 0 Å². The summed E-state index contributed by atoms with van der Waals surface area (Å²) in [5.41, 5.74) is 6.70. The smallest absolute Gasteiger partial charge is 0.239 e. The number of hydrogen-bond donors (Lipinski definition) is 2. The van der Waals surface area contributed by atoms with Gasteiger partial charge in [0.25, 0.3) is 0 Å². The molecule has 0 saturated heterocycles. The molecule has 1 aromatic heterocycles. The summed E-state index contributed by atoms with van der Waals surface area (Å²) in [4.78, 5) is 4.47. The molecular weight excluding hydrogens is 226 g/mol. The van der Waals surface area contributed by atoms with Crippen LogP contribution in [0.3, 0.4) is 0 Å². The molecule has 18 heavy (non-hydrogen) atoms. The van der Waals surface area contributed by atoms with Gasteiger partial charge in [-0.3, -0.25) is 0 Å². The van der Waals surface area contributed by atoms with Crippen molar-refractivity contribution in [3.8, 4) is 5.88 Å². The van der Waals surface area contributed by atoms with Gasteiger partial charge in [0.15, 0.2) is 0 Å². The van der Waals surface area contributed by atoms with Gasteiger partial charge in [-0.05, 0) is 44.2 Å². The van der Waals surface area contributed by atoms with E-state index in [2.05, 4.69) is 24.1 Å². The lowest BCUT2D eigenvalue weighted by atomic mass is 9.75. The molecule has 1 saturated carbocycles. The van der Waals surface area contributed by atoms with Crippen LogP contribution in [-0.2, 0) is 0 Å². The standard InChI is InChI=1S/C14H23N3O/c1-3-10-18-13-11(15)6-7-12(16-13)17-14(4-2)8-5-9-14/h6-7H,3-5,8-10,15H2,1-2H3,(H,16,17). The Hall–Kier alpha value is -1.45. The Kier molecular flexibility index (Phi) is 3.94. The van der Waals surface area contributed by atoms with Gasteiger partial charge in [0, 0.05) is 5.54 Å². The number of nitrogens with two attached hydrogens (primary N) is 1. The van der Waals surface area contributed by atoms with Crippen LogP contribution in [0.4, 0.5) is 11.5 Å². The summed E-state index contributed by atoms with van der Waals surface area (Å²) >= 11 is 0. The second-order valence-corrected chi connectivity index (χ2v) is 5.05. The second-order valence-electron chi connectivity index (χ2n) is 5.05. The summed E-state index contributed by atoms with van der Waals surface area (Å²) in [5.74, 6) is 1.42. The Morgan fingerprint density at radius 3 is 2.72 bits per heavy atom. The van der Waals surface area contributed by atoms with Crippen molar-refractivity contribution in [3.05, 3.63) is 12.1 Å². The van der Waals surface area contributed by atoms with Gasteiger partial charge in [0.2, 0.25) is 5.88 Å². The first kappa shape index (κ1) is 13.0. The fraction of sp³-hybridized carbons (Fsp3) is 0.643. The highest BCUT2D eigenvalue weighted by Gasteiger charge is 2.35. The molecule has 1 heterocycles. The van der Waals surface area contributed by atoms with Gasteiger partial charge in [0.1, 0.15) is 5.82 Å². The largest absolute Gasteiger partial charge is 0.476 e. The maximum Gasteiger partial charge on any atom is 0.239 e. The van der Waals surface area contributed by atoms with Crippen LogP contribution < -0.4 is 15.8 Å². The second kappa shape index (κ2) is 5.46. The van der Waals surface area contributed by atoms with Gasteiger partial charge >= 0.3 is 0 Å². The Labute approximate surface area is 109 Å². The van der Waals surface area contributed by atoms with Crippen molar-refractivity contribution >= 4 is 11.5 Å². The lowest BCUT2D eigenvalue weighted by Crippen LogP contribution is -2.44. The first-order valence-electron chi connectivity index (χ1n) is 6.86. The topological polar surface area (TPSA) is 60.2 Å². The third-order valence-electron chi connectivity index (χ3n) is 3.71. The van der Waals surface area contributed by atoms with E-state index in [0.29, 0.717) is 18.2 Å². The summed E-state index contributed by atoms with van der Waals surface area (Å²) in [6, 6.07) is 3.80. The lowest BCUT2D eigenvalue weighted by Gasteiger charge is -2.42. The van der Waals surface area contributed by atoms with E-state index in [-0.39, 0.29) is 5.54 Å². The molecule has 4 heteroatoms. The first-order valence-corrected chi connectivity index (χ1v) is 6.86. The molecule has 1 fully saturated rings. The molecule has 0 atom stereocenters. The Balaban J connectivity index is 2.08. The molecule has 1 aromatic rings.